The highest BCUT2D eigenvalue weighted by atomic mass is 19.1. The third-order valence-corrected chi connectivity index (χ3v) is 9.20. The molecule has 218 valence electrons. The number of phenols is 1. The molecule has 0 radical (unpaired) electrons. The van der Waals surface area contributed by atoms with Gasteiger partial charge in [-0.3, -0.25) is 4.90 Å². The maximum Gasteiger partial charge on any atom is 0.408 e. The molecule has 2 aliphatic heterocycles. The van der Waals surface area contributed by atoms with Crippen LogP contribution in [0.1, 0.15) is 31.4 Å². The molecule has 1 saturated carbocycles. The predicted molar refractivity (Wildman–Crippen MR) is 157 cm³/mol. The summed E-state index contributed by atoms with van der Waals surface area (Å²) in [4.78, 5) is 25.6. The molecule has 3 fully saturated rings. The van der Waals surface area contributed by atoms with Gasteiger partial charge in [0.25, 0.3) is 0 Å². The number of hydrogen-bond acceptors (Lipinski definition) is 7. The molecule has 42 heavy (non-hydrogen) atoms. The van der Waals surface area contributed by atoms with E-state index >= 15 is 4.39 Å². The van der Waals surface area contributed by atoms with Crippen LogP contribution in [0.25, 0.3) is 32.8 Å². The van der Waals surface area contributed by atoms with Gasteiger partial charge in [-0.1, -0.05) is 36.4 Å². The summed E-state index contributed by atoms with van der Waals surface area (Å²) in [6, 6.07) is 14.0. The molecule has 3 heterocycles. The van der Waals surface area contributed by atoms with Crippen molar-refractivity contribution in [1.82, 2.24) is 25.1 Å². The largest absolute Gasteiger partial charge is 0.508 e. The number of carbonyl (C=O) groups is 1. The first-order valence-corrected chi connectivity index (χ1v) is 14.4. The Hall–Kier alpha value is -4.02. The minimum absolute atomic E-state index is 0.000905. The second kappa shape index (κ2) is 9.78. The molecule has 2 saturated heterocycles. The molecule has 2 atom stereocenters. The number of aromatic nitrogens is 2. The van der Waals surface area contributed by atoms with E-state index in [2.05, 4.69) is 15.2 Å². The fourth-order valence-electron chi connectivity index (χ4n) is 7.17. The number of aromatic hydroxyl groups is 1. The van der Waals surface area contributed by atoms with E-state index in [0.717, 1.165) is 30.2 Å². The van der Waals surface area contributed by atoms with E-state index in [4.69, 9.17) is 9.72 Å². The fourth-order valence-corrected chi connectivity index (χ4v) is 7.17. The van der Waals surface area contributed by atoms with Crippen molar-refractivity contribution in [2.24, 2.45) is 5.41 Å². The van der Waals surface area contributed by atoms with Crippen molar-refractivity contribution in [1.29, 1.82) is 0 Å². The highest BCUT2D eigenvalue weighted by Gasteiger charge is 2.54. The number of benzene rings is 3. The topological polar surface area (TPSA) is 111 Å². The standard InChI is InChI=1S/C32H34FN5O4/c1-37(2)17-31(11-12-31)18-42-29-35-27-24(28(36-29)32-10-9-20(15-34-16-32)38(32)30(40)41)8-7-23(26(27)33)25-14-21(39)13-19-5-3-4-6-22(19)25/h3-8,13-14,20,34,39H,9-12,15-18H2,1-2H3,(H,40,41). The van der Waals surface area contributed by atoms with E-state index < -0.39 is 17.4 Å². The van der Waals surface area contributed by atoms with Crippen LogP contribution >= 0.6 is 0 Å². The fraction of sp³-hybridized carbons (Fsp3) is 0.406. The molecule has 3 aliphatic rings. The quantitative estimate of drug-likeness (QED) is 0.286. The number of hydrogen-bond donors (Lipinski definition) is 3. The molecule has 0 spiro atoms. The van der Waals surface area contributed by atoms with Crippen LogP contribution < -0.4 is 10.1 Å². The Balaban J connectivity index is 1.41. The summed E-state index contributed by atoms with van der Waals surface area (Å²) in [5.41, 5.74) is 0.394. The van der Waals surface area contributed by atoms with Crippen LogP contribution in [0, 0.1) is 11.2 Å². The van der Waals surface area contributed by atoms with Crippen molar-refractivity contribution in [3.05, 3.63) is 60.0 Å². The number of carboxylic acid groups (broad SMARTS) is 1. The first kappa shape index (κ1) is 26.9. The van der Waals surface area contributed by atoms with E-state index in [-0.39, 0.29) is 34.3 Å². The van der Waals surface area contributed by atoms with Gasteiger partial charge < -0.3 is 25.2 Å². The summed E-state index contributed by atoms with van der Waals surface area (Å²) in [5.74, 6) is -0.532. The Kier molecular flexibility index (Phi) is 6.25. The molecule has 1 aromatic heterocycles. The van der Waals surface area contributed by atoms with Crippen molar-refractivity contribution in [2.75, 3.05) is 40.3 Å². The lowest BCUT2D eigenvalue weighted by molar-refractivity contribution is 0.0576. The van der Waals surface area contributed by atoms with Crippen LogP contribution in [0.4, 0.5) is 9.18 Å². The zero-order valence-corrected chi connectivity index (χ0v) is 23.7. The Morgan fingerprint density at radius 1 is 1.12 bits per heavy atom. The first-order chi connectivity index (χ1) is 20.2. The summed E-state index contributed by atoms with van der Waals surface area (Å²) >= 11 is 0. The molecule has 1 amide bonds. The van der Waals surface area contributed by atoms with Gasteiger partial charge in [0, 0.05) is 42.0 Å². The number of phenolic OH excluding ortho intramolecular Hbond substituents is 1. The van der Waals surface area contributed by atoms with Crippen LogP contribution in [0.15, 0.2) is 48.5 Å². The van der Waals surface area contributed by atoms with Gasteiger partial charge in [0.15, 0.2) is 5.82 Å². The monoisotopic (exact) mass is 571 g/mol. The first-order valence-electron chi connectivity index (χ1n) is 14.4. The summed E-state index contributed by atoms with van der Waals surface area (Å²) in [5, 5.41) is 26.2. The Bertz CT molecular complexity index is 1720. The maximum atomic E-state index is 16.7. The molecule has 2 unspecified atom stereocenters. The number of halogens is 1. The number of amides is 1. The molecular weight excluding hydrogens is 537 g/mol. The summed E-state index contributed by atoms with van der Waals surface area (Å²) in [7, 11) is 4.05. The van der Waals surface area contributed by atoms with Gasteiger partial charge in [-0.25, -0.2) is 9.18 Å². The van der Waals surface area contributed by atoms with Crippen molar-refractivity contribution in [3.8, 4) is 22.9 Å². The van der Waals surface area contributed by atoms with E-state index in [9.17, 15) is 15.0 Å². The lowest BCUT2D eigenvalue weighted by Gasteiger charge is -2.43. The minimum atomic E-state index is -1.01. The molecule has 1 aliphatic carbocycles. The number of rotatable bonds is 7. The molecule has 10 heteroatoms. The van der Waals surface area contributed by atoms with Gasteiger partial charge in [0.05, 0.1) is 12.3 Å². The molecule has 4 aromatic rings. The summed E-state index contributed by atoms with van der Waals surface area (Å²) in [6.07, 6.45) is 2.28. The van der Waals surface area contributed by atoms with Crippen LogP contribution in [0.3, 0.4) is 0 Å². The smallest absolute Gasteiger partial charge is 0.408 e. The van der Waals surface area contributed by atoms with Crippen LogP contribution in [-0.4, -0.2) is 82.5 Å². The van der Waals surface area contributed by atoms with Gasteiger partial charge in [0.1, 0.15) is 16.8 Å². The predicted octanol–water partition coefficient (Wildman–Crippen LogP) is 4.96. The van der Waals surface area contributed by atoms with Gasteiger partial charge in [-0.05, 0) is 68.2 Å². The SMILES string of the molecule is CN(C)CC1(COc2nc(C34CCC(CNC3)N4C(=O)O)c3ccc(-c4cc(O)cc5ccccc45)c(F)c3n2)CC1. The lowest BCUT2D eigenvalue weighted by atomic mass is 9.87. The molecule has 3 aromatic carbocycles. The number of ether oxygens (including phenoxy) is 1. The average molecular weight is 572 g/mol. The van der Waals surface area contributed by atoms with E-state index in [1.165, 1.54) is 4.90 Å². The Morgan fingerprint density at radius 3 is 2.69 bits per heavy atom. The van der Waals surface area contributed by atoms with E-state index in [0.29, 0.717) is 49.2 Å². The normalized spacial score (nSPS) is 22.7. The number of nitrogens with zero attached hydrogens (tertiary/aromatic N) is 4. The molecule has 3 N–H and O–H groups in total. The molecule has 2 bridgehead atoms. The Morgan fingerprint density at radius 2 is 1.93 bits per heavy atom. The van der Waals surface area contributed by atoms with Gasteiger partial charge in [-0.2, -0.15) is 9.97 Å². The number of piperazine rings is 1. The highest BCUT2D eigenvalue weighted by molar-refractivity contribution is 6.00. The van der Waals surface area contributed by atoms with Crippen molar-refractivity contribution in [3.63, 3.8) is 0 Å². The third-order valence-electron chi connectivity index (χ3n) is 9.20. The van der Waals surface area contributed by atoms with Gasteiger partial charge in [-0.15, -0.1) is 0 Å². The van der Waals surface area contributed by atoms with Crippen LogP contribution in [0.5, 0.6) is 11.8 Å². The van der Waals surface area contributed by atoms with Gasteiger partial charge >= 0.3 is 12.1 Å². The number of nitrogens with one attached hydrogen (secondary N) is 1. The summed E-state index contributed by atoms with van der Waals surface area (Å²) in [6.45, 7) is 2.19. The highest BCUT2D eigenvalue weighted by Crippen LogP contribution is 2.48. The number of fused-ring (bicyclic) bond motifs is 4. The zero-order chi connectivity index (χ0) is 29.2. The van der Waals surface area contributed by atoms with Crippen molar-refractivity contribution < 1.29 is 24.1 Å². The third kappa shape index (κ3) is 4.32. The van der Waals surface area contributed by atoms with E-state index in [1.54, 1.807) is 24.3 Å². The molecule has 9 nitrogen and oxygen atoms in total. The minimum Gasteiger partial charge on any atom is -0.508 e. The second-order valence-electron chi connectivity index (χ2n) is 12.4. The van der Waals surface area contributed by atoms with Crippen molar-refractivity contribution >= 4 is 27.8 Å². The molecule has 7 rings (SSSR count). The maximum absolute atomic E-state index is 16.7. The van der Waals surface area contributed by atoms with Crippen LogP contribution in [0.2, 0.25) is 0 Å². The Labute approximate surface area is 242 Å². The lowest BCUT2D eigenvalue weighted by Crippen LogP contribution is -2.60. The average Bonchev–Trinajstić information content (AvgIpc) is 3.67. The zero-order valence-electron chi connectivity index (χ0n) is 23.7. The van der Waals surface area contributed by atoms with Gasteiger partial charge in [0.2, 0.25) is 0 Å². The second-order valence-corrected chi connectivity index (χ2v) is 12.4. The van der Waals surface area contributed by atoms with Crippen LogP contribution in [-0.2, 0) is 5.54 Å². The van der Waals surface area contributed by atoms with E-state index in [1.807, 2.05) is 38.4 Å². The van der Waals surface area contributed by atoms with Crippen molar-refractivity contribution in [2.45, 2.75) is 37.3 Å². The molecular formula is C32H34FN5O4. The summed E-state index contributed by atoms with van der Waals surface area (Å²) < 4.78 is 22.9.